The van der Waals surface area contributed by atoms with Gasteiger partial charge in [-0.05, 0) is 66.2 Å². The number of aromatic carboxylic acids is 1. The van der Waals surface area contributed by atoms with Crippen molar-refractivity contribution in [2.24, 2.45) is 5.10 Å². The number of ether oxygens (including phenoxy) is 1. The van der Waals surface area contributed by atoms with Gasteiger partial charge >= 0.3 is 11.9 Å². The van der Waals surface area contributed by atoms with Crippen LogP contribution in [0.5, 0.6) is 5.75 Å². The Morgan fingerprint density at radius 3 is 2.15 bits per heavy atom. The summed E-state index contributed by atoms with van der Waals surface area (Å²) in [6.07, 6.45) is 1.61. The van der Waals surface area contributed by atoms with Gasteiger partial charge in [0.1, 0.15) is 5.75 Å². The van der Waals surface area contributed by atoms with Crippen LogP contribution in [-0.2, 0) is 0 Å². The third kappa shape index (κ3) is 5.02. The Morgan fingerprint density at radius 1 is 0.852 bits per heavy atom. The van der Waals surface area contributed by atoms with Gasteiger partial charge in [-0.1, -0.05) is 18.2 Å². The first kappa shape index (κ1) is 17.9. The van der Waals surface area contributed by atoms with Crippen molar-refractivity contribution in [3.8, 4) is 5.75 Å². The molecule has 0 aliphatic rings. The average Bonchev–Trinajstić information content (AvgIpc) is 2.70. The zero-order valence-electron chi connectivity index (χ0n) is 14.2. The molecule has 0 bridgehead atoms. The van der Waals surface area contributed by atoms with E-state index in [0.717, 1.165) is 5.56 Å². The number of carboxylic acids is 1. The SMILES string of the molecule is O=C(O)c1ccc(N/N=C/c2ccc(OC(=O)c3ccccc3)cc2)cc1. The summed E-state index contributed by atoms with van der Waals surface area (Å²) in [5.74, 6) is -0.945. The zero-order valence-corrected chi connectivity index (χ0v) is 14.2. The van der Waals surface area contributed by atoms with Crippen LogP contribution < -0.4 is 10.2 Å². The van der Waals surface area contributed by atoms with Crippen LogP contribution in [0.15, 0.2) is 84.0 Å². The lowest BCUT2D eigenvalue weighted by Crippen LogP contribution is -2.08. The van der Waals surface area contributed by atoms with E-state index in [9.17, 15) is 9.59 Å². The lowest BCUT2D eigenvalue weighted by molar-refractivity contribution is 0.0694. The summed E-state index contributed by atoms with van der Waals surface area (Å²) in [5, 5.41) is 13.0. The van der Waals surface area contributed by atoms with Gasteiger partial charge in [0.15, 0.2) is 0 Å². The largest absolute Gasteiger partial charge is 0.478 e. The number of carbonyl (C=O) groups is 2. The summed E-state index contributed by atoms with van der Waals surface area (Å²) in [4.78, 5) is 22.8. The number of carbonyl (C=O) groups excluding carboxylic acids is 1. The molecular weight excluding hydrogens is 344 g/mol. The van der Waals surface area contributed by atoms with Crippen molar-refractivity contribution in [1.29, 1.82) is 0 Å². The first-order valence-electron chi connectivity index (χ1n) is 8.11. The fourth-order valence-electron chi connectivity index (χ4n) is 2.23. The summed E-state index contributed by atoms with van der Waals surface area (Å²) >= 11 is 0. The molecular formula is C21H16N2O4. The Labute approximate surface area is 155 Å². The van der Waals surface area contributed by atoms with Gasteiger partial charge in [-0.2, -0.15) is 5.10 Å². The van der Waals surface area contributed by atoms with Crippen molar-refractivity contribution in [3.05, 3.63) is 95.6 Å². The van der Waals surface area contributed by atoms with Crippen LogP contribution in [0.1, 0.15) is 26.3 Å². The third-order valence-corrected chi connectivity index (χ3v) is 3.64. The highest BCUT2D eigenvalue weighted by Crippen LogP contribution is 2.14. The van der Waals surface area contributed by atoms with E-state index in [0.29, 0.717) is 17.0 Å². The topological polar surface area (TPSA) is 88.0 Å². The van der Waals surface area contributed by atoms with Crippen LogP contribution in [0.4, 0.5) is 5.69 Å². The highest BCUT2D eigenvalue weighted by molar-refractivity contribution is 5.91. The number of hydrogen-bond donors (Lipinski definition) is 2. The van der Waals surface area contributed by atoms with Crippen LogP contribution in [0.25, 0.3) is 0 Å². The number of carboxylic acid groups (broad SMARTS) is 1. The molecule has 0 radical (unpaired) electrons. The van der Waals surface area contributed by atoms with Gasteiger partial charge in [-0.3, -0.25) is 5.43 Å². The fourth-order valence-corrected chi connectivity index (χ4v) is 2.23. The number of hydrogen-bond acceptors (Lipinski definition) is 5. The van der Waals surface area contributed by atoms with Gasteiger partial charge in [0.05, 0.1) is 23.0 Å². The molecule has 3 aromatic carbocycles. The standard InChI is InChI=1S/C21H16N2O4/c24-20(25)16-8-10-18(11-9-16)23-22-14-15-6-12-19(13-7-15)27-21(26)17-4-2-1-3-5-17/h1-14,23H,(H,24,25)/b22-14+. The number of anilines is 1. The van der Waals surface area contributed by atoms with Gasteiger partial charge in [-0.25, -0.2) is 9.59 Å². The Bertz CT molecular complexity index is 950. The molecule has 0 aliphatic carbocycles. The molecule has 2 N–H and O–H groups in total. The van der Waals surface area contributed by atoms with Crippen molar-refractivity contribution in [2.75, 3.05) is 5.43 Å². The summed E-state index contributed by atoms with van der Waals surface area (Å²) in [5.41, 5.74) is 5.00. The van der Waals surface area contributed by atoms with Crippen LogP contribution in [0.2, 0.25) is 0 Å². The molecule has 0 saturated carbocycles. The monoisotopic (exact) mass is 360 g/mol. The maximum absolute atomic E-state index is 12.0. The van der Waals surface area contributed by atoms with Gasteiger partial charge in [0.2, 0.25) is 0 Å². The van der Waals surface area contributed by atoms with E-state index in [1.54, 1.807) is 66.9 Å². The Kier molecular flexibility index (Phi) is 5.59. The van der Waals surface area contributed by atoms with Crippen molar-refractivity contribution in [3.63, 3.8) is 0 Å². The summed E-state index contributed by atoms with van der Waals surface area (Å²) < 4.78 is 5.31. The molecule has 0 aromatic heterocycles. The van der Waals surface area contributed by atoms with E-state index in [2.05, 4.69) is 10.5 Å². The lowest BCUT2D eigenvalue weighted by atomic mass is 10.2. The van der Waals surface area contributed by atoms with Crippen molar-refractivity contribution >= 4 is 23.8 Å². The first-order valence-corrected chi connectivity index (χ1v) is 8.11. The van der Waals surface area contributed by atoms with Crippen LogP contribution in [0.3, 0.4) is 0 Å². The predicted octanol–water partition coefficient (Wildman–Crippen LogP) is 4.05. The highest BCUT2D eigenvalue weighted by Gasteiger charge is 2.07. The maximum atomic E-state index is 12.0. The van der Waals surface area contributed by atoms with Crippen LogP contribution >= 0.6 is 0 Å². The minimum Gasteiger partial charge on any atom is -0.478 e. The summed E-state index contributed by atoms with van der Waals surface area (Å²) in [6, 6.07) is 21.9. The van der Waals surface area contributed by atoms with E-state index >= 15 is 0 Å². The molecule has 0 saturated heterocycles. The second-order valence-electron chi connectivity index (χ2n) is 5.58. The second kappa shape index (κ2) is 8.44. The Morgan fingerprint density at radius 2 is 1.52 bits per heavy atom. The van der Waals surface area contributed by atoms with Gasteiger partial charge in [-0.15, -0.1) is 0 Å². The summed E-state index contributed by atoms with van der Waals surface area (Å²) in [7, 11) is 0. The summed E-state index contributed by atoms with van der Waals surface area (Å²) in [6.45, 7) is 0. The molecule has 3 rings (SSSR count). The number of hydrazone groups is 1. The number of nitrogens with zero attached hydrogens (tertiary/aromatic N) is 1. The highest BCUT2D eigenvalue weighted by atomic mass is 16.5. The van der Waals surface area contributed by atoms with Gasteiger partial charge in [0.25, 0.3) is 0 Å². The van der Waals surface area contributed by atoms with Crippen molar-refractivity contribution < 1.29 is 19.4 Å². The Balaban J connectivity index is 1.56. The first-order chi connectivity index (χ1) is 13.1. The van der Waals surface area contributed by atoms with Crippen molar-refractivity contribution in [1.82, 2.24) is 0 Å². The second-order valence-corrected chi connectivity index (χ2v) is 5.58. The molecule has 6 nitrogen and oxygen atoms in total. The Hall–Kier alpha value is -3.93. The van der Waals surface area contributed by atoms with Crippen LogP contribution in [0, 0.1) is 0 Å². The molecule has 3 aromatic rings. The quantitative estimate of drug-likeness (QED) is 0.300. The normalized spacial score (nSPS) is 10.5. The lowest BCUT2D eigenvalue weighted by Gasteiger charge is -2.04. The van der Waals surface area contributed by atoms with Gasteiger partial charge in [0, 0.05) is 0 Å². The molecule has 0 amide bonds. The minimum atomic E-state index is -0.974. The average molecular weight is 360 g/mol. The predicted molar refractivity (Wildman–Crippen MR) is 102 cm³/mol. The van der Waals surface area contributed by atoms with E-state index in [1.807, 2.05) is 6.07 Å². The van der Waals surface area contributed by atoms with E-state index < -0.39 is 11.9 Å². The molecule has 0 spiro atoms. The minimum absolute atomic E-state index is 0.213. The van der Waals surface area contributed by atoms with Crippen LogP contribution in [-0.4, -0.2) is 23.3 Å². The molecule has 27 heavy (non-hydrogen) atoms. The molecule has 0 unspecified atom stereocenters. The fraction of sp³-hybridized carbons (Fsp3) is 0. The molecule has 134 valence electrons. The van der Waals surface area contributed by atoms with E-state index in [4.69, 9.17) is 9.84 Å². The number of esters is 1. The number of benzene rings is 3. The molecule has 0 atom stereocenters. The maximum Gasteiger partial charge on any atom is 0.343 e. The molecule has 0 fully saturated rings. The number of nitrogens with one attached hydrogen (secondary N) is 1. The molecule has 0 aliphatic heterocycles. The third-order valence-electron chi connectivity index (χ3n) is 3.64. The van der Waals surface area contributed by atoms with E-state index in [1.165, 1.54) is 12.1 Å². The zero-order chi connectivity index (χ0) is 19.1. The van der Waals surface area contributed by atoms with E-state index in [-0.39, 0.29) is 5.56 Å². The van der Waals surface area contributed by atoms with Gasteiger partial charge < -0.3 is 9.84 Å². The molecule has 6 heteroatoms. The number of rotatable bonds is 6. The van der Waals surface area contributed by atoms with Crippen molar-refractivity contribution in [2.45, 2.75) is 0 Å². The smallest absolute Gasteiger partial charge is 0.343 e. The molecule has 0 heterocycles.